The van der Waals surface area contributed by atoms with Gasteiger partial charge in [0.1, 0.15) is 5.65 Å². The Morgan fingerprint density at radius 1 is 0.784 bits per heavy atom. The van der Waals surface area contributed by atoms with E-state index in [1.807, 2.05) is 0 Å². The summed E-state index contributed by atoms with van der Waals surface area (Å²) in [6, 6.07) is 10.2. The predicted octanol–water partition coefficient (Wildman–Crippen LogP) is 7.18. The van der Waals surface area contributed by atoms with Gasteiger partial charge in [0.15, 0.2) is 5.65 Å². The Kier molecular flexibility index (Phi) is 6.90. The molecule has 0 spiro atoms. The molecule has 1 aromatic carbocycles. The second kappa shape index (κ2) is 9.54. The third-order valence-corrected chi connectivity index (χ3v) is 7.54. The zero-order chi connectivity index (χ0) is 27.2. The number of fused-ring (bicyclic) bond motifs is 2. The molecule has 4 heterocycles. The van der Waals surface area contributed by atoms with Gasteiger partial charge in [0.25, 0.3) is 10.0 Å². The van der Waals surface area contributed by atoms with Gasteiger partial charge in [-0.25, -0.2) is 22.4 Å². The molecule has 5 aromatic rings. The van der Waals surface area contributed by atoms with Gasteiger partial charge in [-0.3, -0.25) is 0 Å². The molecule has 0 bridgehead atoms. The summed E-state index contributed by atoms with van der Waals surface area (Å²) in [4.78, 5) is 9.92. The van der Waals surface area contributed by atoms with Gasteiger partial charge in [0.05, 0.1) is 26.1 Å². The lowest BCUT2D eigenvalue weighted by molar-refractivity contribution is -0.138. The normalized spacial score (nSPS) is 12.5. The van der Waals surface area contributed by atoms with Crippen LogP contribution in [-0.4, -0.2) is 27.3 Å². The van der Waals surface area contributed by atoms with E-state index in [0.29, 0.717) is 11.8 Å². The van der Waals surface area contributed by atoms with E-state index in [-0.39, 0.29) is 26.3 Å². The number of nitrogens with zero attached hydrogens (tertiary/aromatic N) is 3. The van der Waals surface area contributed by atoms with Crippen molar-refractivity contribution in [3.05, 3.63) is 88.4 Å². The van der Waals surface area contributed by atoms with E-state index >= 15 is 0 Å². The molecule has 15 heteroatoms. The molecule has 0 saturated carbocycles. The highest BCUT2D eigenvalue weighted by Gasteiger charge is 2.36. The molecule has 0 aliphatic heterocycles. The van der Waals surface area contributed by atoms with Crippen LogP contribution in [0.3, 0.4) is 0 Å². The smallest absolute Gasteiger partial charge is 0.346 e. The van der Waals surface area contributed by atoms with E-state index in [4.69, 9.17) is 23.2 Å². The summed E-state index contributed by atoms with van der Waals surface area (Å²) in [5, 5.41) is -0.698. The van der Waals surface area contributed by atoms with E-state index in [9.17, 15) is 34.8 Å². The maximum atomic E-state index is 12.8. The van der Waals surface area contributed by atoms with Crippen molar-refractivity contribution in [3.8, 4) is 0 Å². The van der Waals surface area contributed by atoms with Crippen LogP contribution in [0.1, 0.15) is 11.1 Å². The van der Waals surface area contributed by atoms with Crippen molar-refractivity contribution >= 4 is 55.3 Å². The van der Waals surface area contributed by atoms with Gasteiger partial charge in [-0.05, 0) is 24.3 Å². The second-order valence-corrected chi connectivity index (χ2v) is 9.94. The van der Waals surface area contributed by atoms with Crippen molar-refractivity contribution in [2.45, 2.75) is 17.2 Å². The summed E-state index contributed by atoms with van der Waals surface area (Å²) in [5.41, 5.74) is -1.83. The lowest BCUT2D eigenvalue weighted by atomic mass is 10.2. The number of H-pyrrole nitrogens is 1. The van der Waals surface area contributed by atoms with Gasteiger partial charge in [0, 0.05) is 35.6 Å². The van der Waals surface area contributed by atoms with E-state index < -0.39 is 38.5 Å². The average Bonchev–Trinajstić information content (AvgIpc) is 3.47. The number of benzene rings is 1. The summed E-state index contributed by atoms with van der Waals surface area (Å²) in [7, 11) is -3.97. The fraction of sp³-hybridized carbons (Fsp3) is 0.0909. The molecular weight excluding hydrogens is 569 g/mol. The fourth-order valence-electron chi connectivity index (χ4n) is 3.30. The van der Waals surface area contributed by atoms with Crippen molar-refractivity contribution in [1.82, 2.24) is 18.9 Å². The van der Waals surface area contributed by atoms with Crippen LogP contribution in [0, 0.1) is 0 Å². The Morgan fingerprint density at radius 2 is 1.35 bits per heavy atom. The standard InChI is InChI=1S/C14H8ClF3N2O2S.C8H4ClF3N2/c15-12-10-6-7-20(13(10)19-8-11(12)14(16,17)18)23(21,22)9-4-2-1-3-5-9;9-6-4-1-2-13-7(4)14-3-5(6)8(10,11)12/h1-8H;1-3H,(H,13,14). The Hall–Kier alpha value is -3.29. The number of rotatable bonds is 2. The van der Waals surface area contributed by atoms with Crippen LogP contribution in [-0.2, 0) is 22.4 Å². The number of halogens is 8. The lowest BCUT2D eigenvalue weighted by Gasteiger charge is -2.10. The van der Waals surface area contributed by atoms with Crippen LogP contribution in [0.2, 0.25) is 10.0 Å². The summed E-state index contributed by atoms with van der Waals surface area (Å²) >= 11 is 11.4. The van der Waals surface area contributed by atoms with E-state index in [0.717, 1.165) is 16.4 Å². The van der Waals surface area contributed by atoms with Crippen LogP contribution >= 0.6 is 23.2 Å². The third-order valence-electron chi connectivity index (χ3n) is 5.05. The Balaban J connectivity index is 0.000000195. The Labute approximate surface area is 214 Å². The number of hydrogen-bond donors (Lipinski definition) is 1. The maximum Gasteiger partial charge on any atom is 0.419 e. The van der Waals surface area contributed by atoms with Crippen LogP contribution in [0.4, 0.5) is 26.3 Å². The number of aromatic amines is 1. The van der Waals surface area contributed by atoms with Gasteiger partial charge in [-0.15, -0.1) is 0 Å². The molecule has 0 radical (unpaired) electrons. The quantitative estimate of drug-likeness (QED) is 0.224. The topological polar surface area (TPSA) is 80.6 Å². The second-order valence-electron chi connectivity index (χ2n) is 7.37. The minimum absolute atomic E-state index is 0.00433. The molecule has 4 aromatic heterocycles. The summed E-state index contributed by atoms with van der Waals surface area (Å²) < 4.78 is 101. The molecular formula is C22H12Cl2F6N4O2S. The Morgan fingerprint density at radius 3 is 1.95 bits per heavy atom. The highest BCUT2D eigenvalue weighted by atomic mass is 35.5. The minimum atomic E-state index is -4.67. The molecule has 6 nitrogen and oxygen atoms in total. The first kappa shape index (κ1) is 26.8. The van der Waals surface area contributed by atoms with Crippen molar-refractivity contribution in [3.63, 3.8) is 0 Å². The van der Waals surface area contributed by atoms with Gasteiger partial charge in [-0.1, -0.05) is 41.4 Å². The Bertz CT molecular complexity index is 1700. The van der Waals surface area contributed by atoms with E-state index in [1.54, 1.807) is 18.2 Å². The third kappa shape index (κ3) is 5.11. The molecule has 0 unspecified atom stereocenters. The van der Waals surface area contributed by atoms with Crippen LogP contribution < -0.4 is 0 Å². The molecule has 194 valence electrons. The molecule has 37 heavy (non-hydrogen) atoms. The molecule has 0 atom stereocenters. The maximum absolute atomic E-state index is 12.8. The van der Waals surface area contributed by atoms with Crippen LogP contribution in [0.5, 0.6) is 0 Å². The molecule has 0 aliphatic rings. The fourth-order valence-corrected chi connectivity index (χ4v) is 5.24. The molecule has 1 N–H and O–H groups in total. The van der Waals surface area contributed by atoms with Crippen molar-refractivity contribution in [1.29, 1.82) is 0 Å². The zero-order valence-corrected chi connectivity index (χ0v) is 20.3. The predicted molar refractivity (Wildman–Crippen MR) is 125 cm³/mol. The molecule has 0 fully saturated rings. The average molecular weight is 581 g/mol. The number of alkyl halides is 6. The van der Waals surface area contributed by atoms with Crippen molar-refractivity contribution < 1.29 is 34.8 Å². The number of hydrogen-bond acceptors (Lipinski definition) is 4. The van der Waals surface area contributed by atoms with Gasteiger partial charge in [-0.2, -0.15) is 26.3 Å². The van der Waals surface area contributed by atoms with Crippen LogP contribution in [0.15, 0.2) is 72.1 Å². The highest BCUT2D eigenvalue weighted by molar-refractivity contribution is 7.90. The molecule has 0 aliphatic carbocycles. The highest BCUT2D eigenvalue weighted by Crippen LogP contribution is 2.39. The summed E-state index contributed by atoms with van der Waals surface area (Å²) in [6.07, 6.45) is -5.26. The van der Waals surface area contributed by atoms with E-state index in [2.05, 4.69) is 15.0 Å². The van der Waals surface area contributed by atoms with Crippen LogP contribution in [0.25, 0.3) is 22.1 Å². The number of nitrogens with one attached hydrogen (secondary N) is 1. The minimum Gasteiger partial charge on any atom is -0.346 e. The summed E-state index contributed by atoms with van der Waals surface area (Å²) in [6.45, 7) is 0. The SMILES string of the molecule is FC(F)(F)c1cnc2[nH]ccc2c1Cl.O=S(=O)(c1ccccc1)n1ccc2c(Cl)c(C(F)(F)F)cnc21. The van der Waals surface area contributed by atoms with Gasteiger partial charge < -0.3 is 4.98 Å². The number of pyridine rings is 2. The first-order valence-electron chi connectivity index (χ1n) is 9.95. The molecule has 0 amide bonds. The summed E-state index contributed by atoms with van der Waals surface area (Å²) in [5.74, 6) is 0. The van der Waals surface area contributed by atoms with Crippen molar-refractivity contribution in [2.24, 2.45) is 0 Å². The van der Waals surface area contributed by atoms with Gasteiger partial charge in [0.2, 0.25) is 0 Å². The number of aromatic nitrogens is 4. The van der Waals surface area contributed by atoms with E-state index in [1.165, 1.54) is 30.5 Å². The van der Waals surface area contributed by atoms with Crippen molar-refractivity contribution in [2.75, 3.05) is 0 Å². The van der Waals surface area contributed by atoms with Gasteiger partial charge >= 0.3 is 12.4 Å². The first-order valence-corrected chi connectivity index (χ1v) is 12.1. The molecule has 0 saturated heterocycles. The molecule has 5 rings (SSSR count). The monoisotopic (exact) mass is 580 g/mol. The zero-order valence-electron chi connectivity index (χ0n) is 17.9. The largest absolute Gasteiger partial charge is 0.419 e. The lowest BCUT2D eigenvalue weighted by Crippen LogP contribution is -2.13. The first-order chi connectivity index (χ1) is 17.2.